The van der Waals surface area contributed by atoms with Crippen molar-refractivity contribution in [2.45, 2.75) is 53.9 Å². The second kappa shape index (κ2) is 14.7. The van der Waals surface area contributed by atoms with Gasteiger partial charge in [0.25, 0.3) is 0 Å². The number of methoxy groups -OCH3 is 1. The molecule has 2 aromatic carbocycles. The van der Waals surface area contributed by atoms with E-state index in [2.05, 4.69) is 39.8 Å². The molecule has 0 amide bonds. The van der Waals surface area contributed by atoms with Gasteiger partial charge in [0.2, 0.25) is 0 Å². The third kappa shape index (κ3) is 9.93. The lowest BCUT2D eigenvalue weighted by Crippen LogP contribution is -2.19. The number of hydrogen-bond acceptors (Lipinski definition) is 4. The Hall–Kier alpha value is -4.12. The molecule has 2 N–H and O–H groups in total. The van der Waals surface area contributed by atoms with Crippen LogP contribution in [0, 0.1) is 5.41 Å². The van der Waals surface area contributed by atoms with Crippen molar-refractivity contribution in [1.29, 1.82) is 0 Å². The highest BCUT2D eigenvalue weighted by Gasteiger charge is 2.26. The normalized spacial score (nSPS) is 15.7. The minimum atomic E-state index is -0.912. The van der Waals surface area contributed by atoms with Crippen molar-refractivity contribution < 1.29 is 24.5 Å². The Labute approximate surface area is 232 Å². The molecular weight excluding hydrogens is 488 g/mol. The number of phenols is 1. The molecule has 0 fully saturated rings. The van der Waals surface area contributed by atoms with Crippen molar-refractivity contribution in [3.05, 3.63) is 118 Å². The zero-order chi connectivity index (χ0) is 29.0. The first-order chi connectivity index (χ1) is 18.4. The number of aromatic hydroxyl groups is 1. The number of aliphatic carboxylic acids is 1. The van der Waals surface area contributed by atoms with Crippen LogP contribution in [0.5, 0.6) is 11.5 Å². The Morgan fingerprint density at radius 1 is 1.00 bits per heavy atom. The van der Waals surface area contributed by atoms with E-state index in [4.69, 9.17) is 9.84 Å². The lowest BCUT2D eigenvalue weighted by molar-refractivity contribution is -0.131. The number of carboxylic acids is 1. The molecule has 1 aliphatic carbocycles. The predicted octanol–water partition coefficient (Wildman–Crippen LogP) is 8.23. The Kier molecular flexibility index (Phi) is 11.7. The van der Waals surface area contributed by atoms with Crippen LogP contribution in [0.4, 0.5) is 0 Å². The fraction of sp³-hybridized carbons (Fsp3) is 0.294. The molecule has 5 heteroatoms. The highest BCUT2D eigenvalue weighted by molar-refractivity contribution is 6.10. The molecular formula is C34H40O5. The first kappa shape index (κ1) is 31.1. The van der Waals surface area contributed by atoms with Gasteiger partial charge in [-0.15, -0.1) is 0 Å². The van der Waals surface area contributed by atoms with Crippen LogP contribution >= 0.6 is 0 Å². The van der Waals surface area contributed by atoms with Gasteiger partial charge in [-0.3, -0.25) is 4.79 Å². The molecule has 0 unspecified atom stereocenters. The zero-order valence-corrected chi connectivity index (χ0v) is 23.8. The summed E-state index contributed by atoms with van der Waals surface area (Å²) in [7, 11) is 1.51. The van der Waals surface area contributed by atoms with Gasteiger partial charge < -0.3 is 14.9 Å². The van der Waals surface area contributed by atoms with Crippen LogP contribution in [-0.2, 0) is 4.79 Å². The van der Waals surface area contributed by atoms with Gasteiger partial charge in [-0.2, -0.15) is 0 Å². The van der Waals surface area contributed by atoms with Gasteiger partial charge in [0.1, 0.15) is 11.5 Å². The van der Waals surface area contributed by atoms with E-state index >= 15 is 0 Å². The SMILES string of the molecule is CC1=C(/C=C/C(C)=C/C=C/C(C)=C/C(=O)O)C(C)(C)CCC1.COc1ccc(C(=O)c2ccccc2)c(O)c1. The summed E-state index contributed by atoms with van der Waals surface area (Å²) in [6.07, 6.45) is 15.0. The number of hydrogen-bond donors (Lipinski definition) is 2. The number of carbonyl (C=O) groups excluding carboxylic acids is 1. The summed E-state index contributed by atoms with van der Waals surface area (Å²) >= 11 is 0. The maximum absolute atomic E-state index is 12.1. The molecule has 0 bridgehead atoms. The smallest absolute Gasteiger partial charge is 0.328 e. The average Bonchev–Trinajstić information content (AvgIpc) is 2.88. The molecule has 0 spiro atoms. The minimum absolute atomic E-state index is 0.0711. The third-order valence-electron chi connectivity index (χ3n) is 6.61. The van der Waals surface area contributed by atoms with E-state index in [0.717, 1.165) is 11.1 Å². The number of rotatable bonds is 8. The second-order valence-corrected chi connectivity index (χ2v) is 10.3. The van der Waals surface area contributed by atoms with Gasteiger partial charge in [-0.1, -0.05) is 85.7 Å². The topological polar surface area (TPSA) is 83.8 Å². The van der Waals surface area contributed by atoms with E-state index in [1.54, 1.807) is 49.4 Å². The number of ether oxygens (including phenoxy) is 1. The van der Waals surface area contributed by atoms with E-state index in [1.807, 2.05) is 18.2 Å². The highest BCUT2D eigenvalue weighted by atomic mass is 16.5. The average molecular weight is 529 g/mol. The molecule has 1 aliphatic rings. The number of carboxylic acid groups (broad SMARTS) is 1. The highest BCUT2D eigenvalue weighted by Crippen LogP contribution is 2.40. The van der Waals surface area contributed by atoms with Crippen LogP contribution in [0.25, 0.3) is 0 Å². The van der Waals surface area contributed by atoms with E-state index in [0.29, 0.717) is 11.3 Å². The summed E-state index contributed by atoms with van der Waals surface area (Å²) in [5, 5.41) is 18.4. The molecule has 0 radical (unpaired) electrons. The van der Waals surface area contributed by atoms with Gasteiger partial charge in [0.15, 0.2) is 5.78 Å². The maximum atomic E-state index is 12.1. The summed E-state index contributed by atoms with van der Waals surface area (Å²) in [5.41, 5.74) is 5.92. The zero-order valence-electron chi connectivity index (χ0n) is 23.8. The number of benzene rings is 2. The van der Waals surface area contributed by atoms with Crippen molar-refractivity contribution >= 4 is 11.8 Å². The molecule has 0 saturated heterocycles. The van der Waals surface area contributed by atoms with E-state index < -0.39 is 5.97 Å². The predicted molar refractivity (Wildman–Crippen MR) is 158 cm³/mol. The van der Waals surface area contributed by atoms with Crippen molar-refractivity contribution in [1.82, 2.24) is 0 Å². The van der Waals surface area contributed by atoms with E-state index in [1.165, 1.54) is 49.7 Å². The number of ketones is 1. The van der Waals surface area contributed by atoms with Crippen LogP contribution in [0.15, 0.2) is 107 Å². The van der Waals surface area contributed by atoms with Crippen molar-refractivity contribution in [3.8, 4) is 11.5 Å². The number of allylic oxidation sites excluding steroid dienone is 9. The number of phenolic OH excluding ortho intramolecular Hbond substituents is 1. The van der Waals surface area contributed by atoms with Crippen LogP contribution in [-0.4, -0.2) is 29.1 Å². The number of carbonyl (C=O) groups is 2. The molecule has 206 valence electrons. The second-order valence-electron chi connectivity index (χ2n) is 10.3. The molecule has 0 atom stereocenters. The molecule has 0 aromatic heterocycles. The molecule has 3 rings (SSSR count). The third-order valence-corrected chi connectivity index (χ3v) is 6.61. The molecule has 5 nitrogen and oxygen atoms in total. The van der Waals surface area contributed by atoms with E-state index in [-0.39, 0.29) is 22.5 Å². The summed E-state index contributed by atoms with van der Waals surface area (Å²) in [6, 6.07) is 13.5. The molecule has 0 aliphatic heterocycles. The Balaban J connectivity index is 0.000000282. The van der Waals surface area contributed by atoms with Gasteiger partial charge >= 0.3 is 5.97 Å². The summed E-state index contributed by atoms with van der Waals surface area (Å²) in [6.45, 7) is 10.7. The van der Waals surface area contributed by atoms with Gasteiger partial charge in [0.05, 0.1) is 12.7 Å². The van der Waals surface area contributed by atoms with Crippen LogP contribution < -0.4 is 4.74 Å². The standard InChI is InChI=1S/C20H28O2.C14H12O3/c1-15(8-6-9-16(2)14-19(21)22)11-12-18-17(3)10-7-13-20(18,4)5;1-17-11-7-8-12(13(15)9-11)14(16)10-5-3-2-4-6-10/h6,8-9,11-12,14H,7,10,13H2,1-5H3,(H,21,22);2-9,15H,1H3/b9-6+,12-11+,15-8+,16-14+;. The molecule has 0 saturated carbocycles. The van der Waals surface area contributed by atoms with Gasteiger partial charge in [-0.25, -0.2) is 4.79 Å². The van der Waals surface area contributed by atoms with Crippen molar-refractivity contribution in [3.63, 3.8) is 0 Å². The lowest BCUT2D eigenvalue weighted by atomic mass is 9.72. The van der Waals surface area contributed by atoms with Crippen LogP contribution in [0.3, 0.4) is 0 Å². The van der Waals surface area contributed by atoms with Gasteiger partial charge in [-0.05, 0) is 68.7 Å². The minimum Gasteiger partial charge on any atom is -0.507 e. The molecule has 2 aromatic rings. The van der Waals surface area contributed by atoms with Crippen LogP contribution in [0.2, 0.25) is 0 Å². The largest absolute Gasteiger partial charge is 0.507 e. The molecule has 39 heavy (non-hydrogen) atoms. The Morgan fingerprint density at radius 2 is 1.69 bits per heavy atom. The van der Waals surface area contributed by atoms with Crippen molar-refractivity contribution in [2.24, 2.45) is 5.41 Å². The van der Waals surface area contributed by atoms with Crippen molar-refractivity contribution in [2.75, 3.05) is 7.11 Å². The first-order valence-electron chi connectivity index (χ1n) is 13.1. The van der Waals surface area contributed by atoms with E-state index in [9.17, 15) is 14.7 Å². The molecule has 0 heterocycles. The fourth-order valence-electron chi connectivity index (χ4n) is 4.45. The quantitative estimate of drug-likeness (QED) is 0.205. The Bertz CT molecular complexity index is 1300. The van der Waals surface area contributed by atoms with Crippen LogP contribution in [0.1, 0.15) is 69.8 Å². The maximum Gasteiger partial charge on any atom is 0.328 e. The van der Waals surface area contributed by atoms with Gasteiger partial charge in [0, 0.05) is 17.7 Å². The fourth-order valence-corrected chi connectivity index (χ4v) is 4.45. The lowest BCUT2D eigenvalue weighted by Gasteiger charge is -2.32. The summed E-state index contributed by atoms with van der Waals surface area (Å²) < 4.78 is 4.96. The monoisotopic (exact) mass is 528 g/mol. The first-order valence-corrected chi connectivity index (χ1v) is 13.1. The Morgan fingerprint density at radius 3 is 2.28 bits per heavy atom. The summed E-state index contributed by atoms with van der Waals surface area (Å²) in [4.78, 5) is 22.6. The summed E-state index contributed by atoms with van der Waals surface area (Å²) in [5.74, 6) is -0.666.